The molecule has 1 aliphatic rings. The van der Waals surface area contributed by atoms with Crippen molar-refractivity contribution in [2.75, 3.05) is 11.9 Å². The molecule has 0 unspecified atom stereocenters. The standard InChI is InChI=1S/C17H21N3O2/c1-2-22-17(21)15-16(18-12-8-4-3-5-9-12)20-14-11-7-6-10-13(14)19-15/h6-7,10-12H,2-5,8-9H2,1H3,(H,18,20). The van der Waals surface area contributed by atoms with Crippen molar-refractivity contribution >= 4 is 22.8 Å². The molecule has 0 bridgehead atoms. The van der Waals surface area contributed by atoms with Gasteiger partial charge in [-0.1, -0.05) is 31.4 Å². The van der Waals surface area contributed by atoms with Crippen LogP contribution in [0.15, 0.2) is 24.3 Å². The van der Waals surface area contributed by atoms with E-state index in [1.54, 1.807) is 6.92 Å². The summed E-state index contributed by atoms with van der Waals surface area (Å²) in [6.45, 7) is 2.12. The molecule has 116 valence electrons. The quantitative estimate of drug-likeness (QED) is 0.875. The van der Waals surface area contributed by atoms with E-state index in [9.17, 15) is 4.79 Å². The van der Waals surface area contributed by atoms with Crippen LogP contribution in [0.5, 0.6) is 0 Å². The van der Waals surface area contributed by atoms with Crippen molar-refractivity contribution in [2.24, 2.45) is 0 Å². The van der Waals surface area contributed by atoms with Crippen LogP contribution >= 0.6 is 0 Å². The summed E-state index contributed by atoms with van der Waals surface area (Å²) in [5.41, 5.74) is 1.78. The fourth-order valence-corrected chi connectivity index (χ4v) is 2.88. The SMILES string of the molecule is CCOC(=O)c1nc2ccccc2nc1NC1CCCCC1. The Kier molecular flexibility index (Phi) is 4.51. The van der Waals surface area contributed by atoms with Crippen LogP contribution in [0.3, 0.4) is 0 Å². The summed E-state index contributed by atoms with van der Waals surface area (Å²) in [6.07, 6.45) is 5.93. The van der Waals surface area contributed by atoms with Gasteiger partial charge in [-0.05, 0) is 31.9 Å². The van der Waals surface area contributed by atoms with Crippen molar-refractivity contribution in [3.63, 3.8) is 0 Å². The smallest absolute Gasteiger partial charge is 0.360 e. The van der Waals surface area contributed by atoms with Gasteiger partial charge in [0.15, 0.2) is 11.5 Å². The number of nitrogens with one attached hydrogen (secondary N) is 1. The molecule has 1 fully saturated rings. The van der Waals surface area contributed by atoms with E-state index in [-0.39, 0.29) is 5.69 Å². The van der Waals surface area contributed by atoms with Crippen molar-refractivity contribution in [3.05, 3.63) is 30.0 Å². The van der Waals surface area contributed by atoms with Crippen LogP contribution in [0, 0.1) is 0 Å². The van der Waals surface area contributed by atoms with Gasteiger partial charge >= 0.3 is 5.97 Å². The molecule has 2 aromatic rings. The molecule has 3 rings (SSSR count). The lowest BCUT2D eigenvalue weighted by atomic mass is 9.95. The second-order valence-electron chi connectivity index (χ2n) is 5.61. The van der Waals surface area contributed by atoms with E-state index in [1.807, 2.05) is 24.3 Å². The average Bonchev–Trinajstić information content (AvgIpc) is 2.55. The number of esters is 1. The van der Waals surface area contributed by atoms with Crippen molar-refractivity contribution in [2.45, 2.75) is 45.1 Å². The van der Waals surface area contributed by atoms with E-state index in [1.165, 1.54) is 19.3 Å². The van der Waals surface area contributed by atoms with E-state index in [0.29, 0.717) is 24.0 Å². The number of anilines is 1. The van der Waals surface area contributed by atoms with Crippen molar-refractivity contribution in [1.82, 2.24) is 9.97 Å². The first-order valence-corrected chi connectivity index (χ1v) is 7.98. The largest absolute Gasteiger partial charge is 0.461 e. The second kappa shape index (κ2) is 6.73. The van der Waals surface area contributed by atoms with Crippen LogP contribution in [0.1, 0.15) is 49.5 Å². The van der Waals surface area contributed by atoms with Crippen LogP contribution in [0.2, 0.25) is 0 Å². The molecule has 1 heterocycles. The highest BCUT2D eigenvalue weighted by molar-refractivity contribution is 5.95. The van der Waals surface area contributed by atoms with Crippen molar-refractivity contribution < 1.29 is 9.53 Å². The lowest BCUT2D eigenvalue weighted by Crippen LogP contribution is -2.25. The Morgan fingerprint density at radius 3 is 2.55 bits per heavy atom. The number of carbonyl (C=O) groups excluding carboxylic acids is 1. The minimum absolute atomic E-state index is 0.283. The number of ether oxygens (including phenoxy) is 1. The van der Waals surface area contributed by atoms with Crippen molar-refractivity contribution in [1.29, 1.82) is 0 Å². The molecule has 1 aromatic carbocycles. The summed E-state index contributed by atoms with van der Waals surface area (Å²) >= 11 is 0. The fourth-order valence-electron chi connectivity index (χ4n) is 2.88. The van der Waals surface area contributed by atoms with Crippen molar-refractivity contribution in [3.8, 4) is 0 Å². The molecule has 1 aliphatic carbocycles. The summed E-state index contributed by atoms with van der Waals surface area (Å²) in [7, 11) is 0. The van der Waals surface area contributed by atoms with Gasteiger partial charge < -0.3 is 10.1 Å². The van der Waals surface area contributed by atoms with Crippen LogP contribution in [0.4, 0.5) is 5.82 Å². The van der Waals surface area contributed by atoms with Gasteiger partial charge in [0.1, 0.15) is 0 Å². The topological polar surface area (TPSA) is 64.1 Å². The molecule has 1 saturated carbocycles. The zero-order valence-corrected chi connectivity index (χ0v) is 12.8. The van der Waals surface area contributed by atoms with Crippen LogP contribution in [0.25, 0.3) is 11.0 Å². The first-order chi connectivity index (χ1) is 10.8. The molecule has 5 heteroatoms. The van der Waals surface area contributed by atoms with Gasteiger partial charge in [-0.2, -0.15) is 0 Å². The Labute approximate surface area is 130 Å². The molecular formula is C17H21N3O2. The molecule has 1 aromatic heterocycles. The Balaban J connectivity index is 1.96. The van der Waals surface area contributed by atoms with Gasteiger partial charge in [0.2, 0.25) is 0 Å². The van der Waals surface area contributed by atoms with E-state index in [0.717, 1.165) is 18.4 Å². The molecule has 0 aliphatic heterocycles. The van der Waals surface area contributed by atoms with Crippen LogP contribution in [-0.4, -0.2) is 28.6 Å². The number of carbonyl (C=O) groups is 1. The van der Waals surface area contributed by atoms with Gasteiger partial charge in [0.25, 0.3) is 0 Å². The monoisotopic (exact) mass is 299 g/mol. The predicted molar refractivity (Wildman–Crippen MR) is 86.0 cm³/mol. The maximum atomic E-state index is 12.2. The van der Waals surface area contributed by atoms with Gasteiger partial charge in [-0.3, -0.25) is 0 Å². The first kappa shape index (κ1) is 14.8. The highest BCUT2D eigenvalue weighted by atomic mass is 16.5. The third-order valence-electron chi connectivity index (χ3n) is 3.99. The number of hydrogen-bond acceptors (Lipinski definition) is 5. The van der Waals surface area contributed by atoms with E-state index in [4.69, 9.17) is 4.74 Å². The number of para-hydroxylation sites is 2. The minimum atomic E-state index is -0.418. The number of aromatic nitrogens is 2. The van der Waals surface area contributed by atoms with Gasteiger partial charge in [0.05, 0.1) is 17.6 Å². The molecule has 22 heavy (non-hydrogen) atoms. The van der Waals surface area contributed by atoms with E-state index < -0.39 is 5.97 Å². The molecule has 1 N–H and O–H groups in total. The Bertz CT molecular complexity index is 666. The summed E-state index contributed by atoms with van der Waals surface area (Å²) in [6, 6.07) is 7.93. The van der Waals surface area contributed by atoms with E-state index >= 15 is 0 Å². The molecule has 0 radical (unpaired) electrons. The van der Waals surface area contributed by atoms with Crippen LogP contribution in [-0.2, 0) is 4.74 Å². The Morgan fingerprint density at radius 1 is 1.18 bits per heavy atom. The Hall–Kier alpha value is -2.17. The average molecular weight is 299 g/mol. The number of hydrogen-bond donors (Lipinski definition) is 1. The highest BCUT2D eigenvalue weighted by Gasteiger charge is 2.21. The second-order valence-corrected chi connectivity index (χ2v) is 5.61. The van der Waals surface area contributed by atoms with E-state index in [2.05, 4.69) is 15.3 Å². The minimum Gasteiger partial charge on any atom is -0.461 e. The van der Waals surface area contributed by atoms with Gasteiger partial charge in [-0.15, -0.1) is 0 Å². The maximum absolute atomic E-state index is 12.2. The molecule has 0 spiro atoms. The highest BCUT2D eigenvalue weighted by Crippen LogP contribution is 2.24. The maximum Gasteiger partial charge on any atom is 0.360 e. The molecule has 0 saturated heterocycles. The molecule has 5 nitrogen and oxygen atoms in total. The zero-order valence-electron chi connectivity index (χ0n) is 12.8. The van der Waals surface area contributed by atoms with Gasteiger partial charge in [-0.25, -0.2) is 14.8 Å². The lowest BCUT2D eigenvalue weighted by Gasteiger charge is -2.24. The zero-order chi connectivity index (χ0) is 15.4. The Morgan fingerprint density at radius 2 is 1.86 bits per heavy atom. The third-order valence-corrected chi connectivity index (χ3v) is 3.99. The first-order valence-electron chi connectivity index (χ1n) is 7.98. The normalized spacial score (nSPS) is 15.7. The summed E-state index contributed by atoms with van der Waals surface area (Å²) in [5, 5.41) is 3.41. The number of rotatable bonds is 4. The predicted octanol–water partition coefficient (Wildman–Crippen LogP) is 3.55. The summed E-state index contributed by atoms with van der Waals surface area (Å²) in [5.74, 6) is 0.128. The number of benzene rings is 1. The lowest BCUT2D eigenvalue weighted by molar-refractivity contribution is 0.0520. The number of fused-ring (bicyclic) bond motifs is 1. The number of nitrogens with zero attached hydrogens (tertiary/aromatic N) is 2. The molecular weight excluding hydrogens is 278 g/mol. The van der Waals surface area contributed by atoms with Crippen LogP contribution < -0.4 is 5.32 Å². The summed E-state index contributed by atoms with van der Waals surface area (Å²) < 4.78 is 5.13. The summed E-state index contributed by atoms with van der Waals surface area (Å²) in [4.78, 5) is 21.2. The van der Waals surface area contributed by atoms with Gasteiger partial charge in [0, 0.05) is 6.04 Å². The fraction of sp³-hybridized carbons (Fsp3) is 0.471. The molecule has 0 amide bonds. The molecule has 0 atom stereocenters. The third kappa shape index (κ3) is 3.18.